The van der Waals surface area contributed by atoms with E-state index in [4.69, 9.17) is 9.47 Å². The lowest BCUT2D eigenvalue weighted by Gasteiger charge is -2.36. The van der Waals surface area contributed by atoms with Crippen LogP contribution in [0.2, 0.25) is 0 Å². The zero-order chi connectivity index (χ0) is 20.8. The van der Waals surface area contributed by atoms with Crippen LogP contribution in [0.1, 0.15) is 24.8 Å². The highest BCUT2D eigenvalue weighted by molar-refractivity contribution is 5.95. The number of nitrogens with zero attached hydrogens (tertiary/aromatic N) is 2. The van der Waals surface area contributed by atoms with E-state index in [1.807, 2.05) is 24.3 Å². The summed E-state index contributed by atoms with van der Waals surface area (Å²) < 4.78 is 10.9. The number of hydrogen-bond acceptors (Lipinski definition) is 5. The first-order chi connectivity index (χ1) is 14.7. The molecule has 2 aliphatic rings. The fourth-order valence-electron chi connectivity index (χ4n) is 4.23. The molecule has 0 spiro atoms. The van der Waals surface area contributed by atoms with Crippen molar-refractivity contribution in [2.24, 2.45) is 0 Å². The van der Waals surface area contributed by atoms with Gasteiger partial charge in [-0.15, -0.1) is 0 Å². The number of unbranched alkanes of at least 4 members (excludes halogenated alkanes) is 2. The van der Waals surface area contributed by atoms with Gasteiger partial charge in [-0.25, -0.2) is 0 Å². The van der Waals surface area contributed by atoms with Crippen LogP contribution in [-0.2, 0) is 11.2 Å². The van der Waals surface area contributed by atoms with E-state index in [1.165, 1.54) is 24.1 Å². The highest BCUT2D eigenvalue weighted by Gasteiger charge is 2.19. The largest absolute Gasteiger partial charge is 0.495 e. The monoisotopic (exact) mass is 409 g/mol. The number of para-hydroxylation sites is 2. The first kappa shape index (κ1) is 20.5. The fourth-order valence-corrected chi connectivity index (χ4v) is 4.23. The van der Waals surface area contributed by atoms with Crippen molar-refractivity contribution in [3.8, 4) is 11.5 Å². The van der Waals surface area contributed by atoms with Crippen LogP contribution in [0, 0.1) is 0 Å². The Bertz CT molecular complexity index is 863. The van der Waals surface area contributed by atoms with Gasteiger partial charge in [-0.05, 0) is 55.6 Å². The second kappa shape index (κ2) is 9.85. The zero-order valence-electron chi connectivity index (χ0n) is 17.7. The van der Waals surface area contributed by atoms with Gasteiger partial charge in [0.25, 0.3) is 5.91 Å². The van der Waals surface area contributed by atoms with Gasteiger partial charge in [-0.3, -0.25) is 9.69 Å². The number of carbonyl (C=O) groups is 1. The van der Waals surface area contributed by atoms with E-state index in [0.717, 1.165) is 62.8 Å². The molecule has 0 radical (unpaired) electrons. The molecule has 0 atom stereocenters. The van der Waals surface area contributed by atoms with E-state index >= 15 is 0 Å². The number of rotatable bonds is 8. The predicted molar refractivity (Wildman–Crippen MR) is 120 cm³/mol. The van der Waals surface area contributed by atoms with Crippen molar-refractivity contribution in [3.05, 3.63) is 48.0 Å². The molecule has 2 aromatic carbocycles. The van der Waals surface area contributed by atoms with Crippen molar-refractivity contribution in [1.82, 2.24) is 4.90 Å². The molecule has 0 aromatic heterocycles. The summed E-state index contributed by atoms with van der Waals surface area (Å²) in [6.45, 7) is 5.56. The van der Waals surface area contributed by atoms with Gasteiger partial charge in [0.05, 0.1) is 18.5 Å². The smallest absolute Gasteiger partial charge is 0.262 e. The topological polar surface area (TPSA) is 54.0 Å². The average Bonchev–Trinajstić information content (AvgIpc) is 2.79. The second-order valence-electron chi connectivity index (χ2n) is 7.98. The molecule has 2 heterocycles. The van der Waals surface area contributed by atoms with Crippen molar-refractivity contribution in [2.45, 2.75) is 25.7 Å². The molecule has 160 valence electrons. The lowest BCUT2D eigenvalue weighted by Crippen LogP contribution is -2.46. The number of aryl methyl sites for hydroxylation is 1. The average molecular weight is 410 g/mol. The minimum Gasteiger partial charge on any atom is -0.495 e. The Hall–Kier alpha value is -2.73. The van der Waals surface area contributed by atoms with Crippen molar-refractivity contribution < 1.29 is 14.3 Å². The van der Waals surface area contributed by atoms with E-state index in [2.05, 4.69) is 33.3 Å². The SMILES string of the molecule is COc1ccccc1N1CCN(CCCCCc2ccc3c(c2)NC(=O)CO3)CC1. The maximum absolute atomic E-state index is 11.5. The molecule has 2 aromatic rings. The molecule has 2 aliphatic heterocycles. The Balaban J connectivity index is 1.15. The Morgan fingerprint density at radius 1 is 1.03 bits per heavy atom. The molecule has 0 unspecified atom stereocenters. The Morgan fingerprint density at radius 3 is 2.70 bits per heavy atom. The summed E-state index contributed by atoms with van der Waals surface area (Å²) in [5.41, 5.74) is 3.26. The molecule has 1 amide bonds. The molecule has 1 saturated heterocycles. The summed E-state index contributed by atoms with van der Waals surface area (Å²) in [5, 5.41) is 2.88. The maximum Gasteiger partial charge on any atom is 0.262 e. The standard InChI is InChI=1S/C24H31N3O3/c1-29-23-9-5-4-8-21(23)27-15-13-26(14-16-27)12-6-2-3-7-19-10-11-22-20(17-19)25-24(28)18-30-22/h4-5,8-11,17H,2-3,6-7,12-16,18H2,1H3,(H,25,28). The molecular formula is C24H31N3O3. The van der Waals surface area contributed by atoms with Crippen molar-refractivity contribution in [1.29, 1.82) is 0 Å². The van der Waals surface area contributed by atoms with E-state index in [1.54, 1.807) is 7.11 Å². The third-order valence-corrected chi connectivity index (χ3v) is 5.91. The lowest BCUT2D eigenvalue weighted by atomic mass is 10.1. The molecule has 1 N–H and O–H groups in total. The number of benzene rings is 2. The highest BCUT2D eigenvalue weighted by Crippen LogP contribution is 2.29. The highest BCUT2D eigenvalue weighted by atomic mass is 16.5. The van der Waals surface area contributed by atoms with E-state index in [9.17, 15) is 4.79 Å². The van der Waals surface area contributed by atoms with E-state index in [0.29, 0.717) is 0 Å². The summed E-state index contributed by atoms with van der Waals surface area (Å²) >= 11 is 0. The van der Waals surface area contributed by atoms with Crippen LogP contribution in [0.5, 0.6) is 11.5 Å². The normalized spacial score (nSPS) is 16.6. The number of piperazine rings is 1. The van der Waals surface area contributed by atoms with E-state index in [-0.39, 0.29) is 12.5 Å². The summed E-state index contributed by atoms with van der Waals surface area (Å²) in [7, 11) is 1.74. The number of carbonyl (C=O) groups excluding carboxylic acids is 1. The van der Waals surface area contributed by atoms with Gasteiger partial charge in [0.1, 0.15) is 11.5 Å². The van der Waals surface area contributed by atoms with Crippen molar-refractivity contribution >= 4 is 17.3 Å². The predicted octanol–water partition coefficient (Wildman–Crippen LogP) is 3.56. The molecule has 1 fully saturated rings. The van der Waals surface area contributed by atoms with Crippen molar-refractivity contribution in [3.63, 3.8) is 0 Å². The van der Waals surface area contributed by atoms with Gasteiger partial charge in [-0.2, -0.15) is 0 Å². The number of fused-ring (bicyclic) bond motifs is 1. The van der Waals surface area contributed by atoms with Gasteiger partial charge < -0.3 is 19.7 Å². The Morgan fingerprint density at radius 2 is 1.87 bits per heavy atom. The van der Waals surface area contributed by atoms with Crippen molar-refractivity contribution in [2.75, 3.05) is 56.7 Å². The molecule has 4 rings (SSSR count). The number of hydrogen-bond donors (Lipinski definition) is 1. The van der Waals surface area contributed by atoms with Crippen LogP contribution in [0.4, 0.5) is 11.4 Å². The van der Waals surface area contributed by atoms with Crippen LogP contribution in [-0.4, -0.2) is 57.2 Å². The quantitative estimate of drug-likeness (QED) is 0.676. The number of anilines is 2. The Kier molecular flexibility index (Phi) is 6.74. The van der Waals surface area contributed by atoms with Crippen LogP contribution < -0.4 is 19.7 Å². The zero-order valence-corrected chi connectivity index (χ0v) is 17.7. The van der Waals surface area contributed by atoms with Crippen LogP contribution >= 0.6 is 0 Å². The molecule has 6 nitrogen and oxygen atoms in total. The molecule has 0 saturated carbocycles. The first-order valence-corrected chi connectivity index (χ1v) is 10.9. The van der Waals surface area contributed by atoms with E-state index < -0.39 is 0 Å². The number of amides is 1. The second-order valence-corrected chi connectivity index (χ2v) is 7.98. The minimum atomic E-state index is -0.0783. The Labute approximate surface area is 178 Å². The number of ether oxygens (including phenoxy) is 2. The minimum absolute atomic E-state index is 0.0783. The number of nitrogens with one attached hydrogen (secondary N) is 1. The fraction of sp³-hybridized carbons (Fsp3) is 0.458. The van der Waals surface area contributed by atoms with Gasteiger partial charge in [0.15, 0.2) is 6.61 Å². The van der Waals surface area contributed by atoms with Gasteiger partial charge >= 0.3 is 0 Å². The summed E-state index contributed by atoms with van der Waals surface area (Å²) in [5.74, 6) is 1.65. The summed E-state index contributed by atoms with van der Waals surface area (Å²) in [6.07, 6.45) is 4.63. The lowest BCUT2D eigenvalue weighted by molar-refractivity contribution is -0.118. The summed E-state index contributed by atoms with van der Waals surface area (Å²) in [4.78, 5) is 16.5. The van der Waals surface area contributed by atoms with Crippen LogP contribution in [0.3, 0.4) is 0 Å². The molecule has 0 bridgehead atoms. The maximum atomic E-state index is 11.5. The third-order valence-electron chi connectivity index (χ3n) is 5.91. The first-order valence-electron chi connectivity index (χ1n) is 10.9. The molecule has 6 heteroatoms. The molecular weight excluding hydrogens is 378 g/mol. The molecule has 30 heavy (non-hydrogen) atoms. The van der Waals surface area contributed by atoms with Gasteiger partial charge in [-0.1, -0.05) is 24.6 Å². The van der Waals surface area contributed by atoms with Gasteiger partial charge in [0.2, 0.25) is 0 Å². The summed E-state index contributed by atoms with van der Waals surface area (Å²) in [6, 6.07) is 14.4. The number of methoxy groups -OCH3 is 1. The third kappa shape index (κ3) is 5.05. The van der Waals surface area contributed by atoms with Crippen LogP contribution in [0.25, 0.3) is 0 Å². The molecule has 0 aliphatic carbocycles. The van der Waals surface area contributed by atoms with Crippen LogP contribution in [0.15, 0.2) is 42.5 Å². The van der Waals surface area contributed by atoms with Gasteiger partial charge in [0, 0.05) is 26.2 Å².